The summed E-state index contributed by atoms with van der Waals surface area (Å²) >= 11 is 6.13. The minimum absolute atomic E-state index is 0.826. The average Bonchev–Trinajstić information content (AvgIpc) is 2.75. The van der Waals surface area contributed by atoms with Crippen molar-refractivity contribution in [3.63, 3.8) is 0 Å². The van der Waals surface area contributed by atoms with Crippen molar-refractivity contribution in [2.45, 2.75) is 6.42 Å². The van der Waals surface area contributed by atoms with Crippen LogP contribution in [0.15, 0.2) is 54.6 Å². The molecule has 0 radical (unpaired) electrons. The van der Waals surface area contributed by atoms with Gasteiger partial charge in [-0.2, -0.15) is 0 Å². The van der Waals surface area contributed by atoms with Crippen LogP contribution in [-0.4, -0.2) is 75.2 Å². The van der Waals surface area contributed by atoms with E-state index in [1.54, 1.807) is 0 Å². The van der Waals surface area contributed by atoms with Crippen LogP contribution in [0.4, 0.5) is 11.4 Å². The Morgan fingerprint density at radius 3 is 1.71 bits per heavy atom. The van der Waals surface area contributed by atoms with Crippen LogP contribution in [0.5, 0.6) is 0 Å². The molecule has 0 N–H and O–H groups in total. The highest BCUT2D eigenvalue weighted by Crippen LogP contribution is 2.21. The molecule has 0 saturated carbocycles. The highest BCUT2D eigenvalue weighted by atomic mass is 35.5. The molecule has 2 aromatic rings. The van der Waals surface area contributed by atoms with Crippen molar-refractivity contribution in [1.29, 1.82) is 0 Å². The molecule has 0 aliphatic carbocycles. The fourth-order valence-corrected chi connectivity index (χ4v) is 4.47. The number of hydrogen-bond acceptors (Lipinski definition) is 4. The van der Waals surface area contributed by atoms with E-state index >= 15 is 0 Å². The number of piperazine rings is 2. The molecule has 0 unspecified atom stereocenters. The van der Waals surface area contributed by atoms with E-state index in [-0.39, 0.29) is 0 Å². The van der Waals surface area contributed by atoms with Gasteiger partial charge in [-0.3, -0.25) is 9.80 Å². The minimum Gasteiger partial charge on any atom is -0.369 e. The Balaban J connectivity index is 1.13. The van der Waals surface area contributed by atoms with E-state index in [2.05, 4.69) is 62.1 Å². The molecule has 0 spiro atoms. The van der Waals surface area contributed by atoms with Crippen LogP contribution in [-0.2, 0) is 0 Å². The zero-order chi connectivity index (χ0) is 19.2. The molecule has 4 rings (SSSR count). The number of nitrogens with zero attached hydrogens (tertiary/aromatic N) is 4. The normalized spacial score (nSPS) is 19.2. The Hall–Kier alpha value is -1.75. The van der Waals surface area contributed by atoms with Gasteiger partial charge in [-0.15, -0.1) is 0 Å². The minimum atomic E-state index is 0.826. The van der Waals surface area contributed by atoms with Gasteiger partial charge in [-0.25, -0.2) is 0 Å². The monoisotopic (exact) mass is 398 g/mol. The van der Waals surface area contributed by atoms with Crippen molar-refractivity contribution >= 4 is 23.0 Å². The molecule has 4 nitrogen and oxygen atoms in total. The van der Waals surface area contributed by atoms with Gasteiger partial charge in [0, 0.05) is 68.8 Å². The summed E-state index contributed by atoms with van der Waals surface area (Å²) in [6, 6.07) is 19.0. The highest BCUT2D eigenvalue weighted by Gasteiger charge is 2.19. The van der Waals surface area contributed by atoms with Gasteiger partial charge in [0.1, 0.15) is 0 Å². The second kappa shape index (κ2) is 9.64. The lowest BCUT2D eigenvalue weighted by Crippen LogP contribution is -2.48. The third-order valence-electron chi connectivity index (χ3n) is 5.99. The van der Waals surface area contributed by atoms with Crippen molar-refractivity contribution in [2.75, 3.05) is 75.2 Å². The van der Waals surface area contributed by atoms with E-state index < -0.39 is 0 Å². The Morgan fingerprint density at radius 1 is 0.607 bits per heavy atom. The summed E-state index contributed by atoms with van der Waals surface area (Å²) in [4.78, 5) is 10.2. The van der Waals surface area contributed by atoms with Gasteiger partial charge in [0.25, 0.3) is 0 Å². The summed E-state index contributed by atoms with van der Waals surface area (Å²) < 4.78 is 0. The predicted octanol–water partition coefficient (Wildman–Crippen LogP) is 3.67. The number of rotatable bonds is 6. The van der Waals surface area contributed by atoms with E-state index in [1.807, 2.05) is 12.1 Å². The molecule has 0 aromatic heterocycles. The quantitative estimate of drug-likeness (QED) is 0.735. The molecule has 2 aliphatic heterocycles. The average molecular weight is 399 g/mol. The van der Waals surface area contributed by atoms with Gasteiger partial charge in [0.15, 0.2) is 0 Å². The molecule has 2 aliphatic rings. The number of benzene rings is 2. The third-order valence-corrected chi connectivity index (χ3v) is 6.22. The van der Waals surface area contributed by atoms with Gasteiger partial charge < -0.3 is 9.80 Å². The first kappa shape index (κ1) is 19.6. The van der Waals surface area contributed by atoms with E-state index in [4.69, 9.17) is 11.6 Å². The van der Waals surface area contributed by atoms with E-state index in [9.17, 15) is 0 Å². The fraction of sp³-hybridized carbons (Fsp3) is 0.478. The molecule has 0 bridgehead atoms. The first-order valence-electron chi connectivity index (χ1n) is 10.5. The summed E-state index contributed by atoms with van der Waals surface area (Å²) in [5.41, 5.74) is 2.61. The van der Waals surface area contributed by atoms with Crippen LogP contribution in [0.2, 0.25) is 5.02 Å². The second-order valence-corrected chi connectivity index (χ2v) is 8.26. The summed E-state index contributed by atoms with van der Waals surface area (Å²) in [6.45, 7) is 11.5. The van der Waals surface area contributed by atoms with Crippen LogP contribution in [0.1, 0.15) is 6.42 Å². The summed E-state index contributed by atoms with van der Waals surface area (Å²) in [7, 11) is 0. The van der Waals surface area contributed by atoms with E-state index in [0.29, 0.717) is 0 Å². The lowest BCUT2D eigenvalue weighted by atomic mass is 10.2. The van der Waals surface area contributed by atoms with E-state index in [1.165, 1.54) is 44.0 Å². The summed E-state index contributed by atoms with van der Waals surface area (Å²) in [5, 5.41) is 0.826. The maximum absolute atomic E-state index is 6.13. The van der Waals surface area contributed by atoms with Crippen molar-refractivity contribution in [1.82, 2.24) is 9.80 Å². The van der Waals surface area contributed by atoms with Gasteiger partial charge in [-0.05, 0) is 49.8 Å². The number of hydrogen-bond donors (Lipinski definition) is 0. The van der Waals surface area contributed by atoms with Gasteiger partial charge in [0.2, 0.25) is 0 Å². The maximum atomic E-state index is 6.13. The van der Waals surface area contributed by atoms with Crippen molar-refractivity contribution in [3.05, 3.63) is 59.6 Å². The molecule has 0 amide bonds. The molecule has 150 valence electrons. The van der Waals surface area contributed by atoms with Gasteiger partial charge in [0.05, 0.1) is 0 Å². The number of para-hydroxylation sites is 1. The third kappa shape index (κ3) is 5.19. The van der Waals surface area contributed by atoms with Crippen molar-refractivity contribution in [3.8, 4) is 0 Å². The largest absolute Gasteiger partial charge is 0.369 e. The topological polar surface area (TPSA) is 13.0 Å². The van der Waals surface area contributed by atoms with Crippen LogP contribution in [0.25, 0.3) is 0 Å². The molecule has 28 heavy (non-hydrogen) atoms. The molecule has 2 saturated heterocycles. The Kier molecular flexibility index (Phi) is 6.73. The Labute approximate surface area is 174 Å². The molecular formula is C23H31ClN4. The second-order valence-electron chi connectivity index (χ2n) is 7.83. The van der Waals surface area contributed by atoms with Crippen LogP contribution in [0.3, 0.4) is 0 Å². The molecule has 5 heteroatoms. The summed E-state index contributed by atoms with van der Waals surface area (Å²) in [6.07, 6.45) is 1.27. The first-order chi connectivity index (χ1) is 13.8. The SMILES string of the molecule is Clc1cccc(N2CCN(CCCN3CCN(c4ccccc4)CC3)CC2)c1. The van der Waals surface area contributed by atoms with E-state index in [0.717, 1.165) is 44.3 Å². The lowest BCUT2D eigenvalue weighted by Gasteiger charge is -2.38. The zero-order valence-electron chi connectivity index (χ0n) is 16.6. The molecule has 2 aromatic carbocycles. The first-order valence-corrected chi connectivity index (χ1v) is 10.9. The zero-order valence-corrected chi connectivity index (χ0v) is 17.4. The van der Waals surface area contributed by atoms with Crippen LogP contribution < -0.4 is 9.80 Å². The van der Waals surface area contributed by atoms with Crippen molar-refractivity contribution < 1.29 is 0 Å². The van der Waals surface area contributed by atoms with Gasteiger partial charge >= 0.3 is 0 Å². The molecule has 2 heterocycles. The highest BCUT2D eigenvalue weighted by molar-refractivity contribution is 6.30. The fourth-order valence-electron chi connectivity index (χ4n) is 4.29. The molecule has 0 atom stereocenters. The number of anilines is 2. The van der Waals surface area contributed by atoms with Crippen LogP contribution in [0, 0.1) is 0 Å². The summed E-state index contributed by atoms with van der Waals surface area (Å²) in [5.74, 6) is 0. The van der Waals surface area contributed by atoms with Crippen LogP contribution >= 0.6 is 11.6 Å². The lowest BCUT2D eigenvalue weighted by molar-refractivity contribution is 0.213. The Morgan fingerprint density at radius 2 is 1.14 bits per heavy atom. The number of halogens is 1. The predicted molar refractivity (Wildman–Crippen MR) is 120 cm³/mol. The molecular weight excluding hydrogens is 368 g/mol. The smallest absolute Gasteiger partial charge is 0.0426 e. The standard InChI is InChI=1S/C23H31ClN4/c24-21-6-4-9-23(20-21)28-18-14-26(15-19-28)11-5-10-25-12-16-27(17-13-25)22-7-2-1-3-8-22/h1-4,6-9,20H,5,10-19H2. The Bertz CT molecular complexity index is 722. The molecule has 2 fully saturated rings. The maximum Gasteiger partial charge on any atom is 0.0426 e. The van der Waals surface area contributed by atoms with Crippen molar-refractivity contribution in [2.24, 2.45) is 0 Å². The van der Waals surface area contributed by atoms with Gasteiger partial charge in [-0.1, -0.05) is 35.9 Å².